The Kier molecular flexibility index (Phi) is 8.78. The molecule has 78 valence electrons. The van der Waals surface area contributed by atoms with E-state index in [9.17, 15) is 0 Å². The first-order chi connectivity index (χ1) is 7.30. The van der Waals surface area contributed by atoms with E-state index in [1.54, 1.807) is 0 Å². The second-order valence-corrected chi connectivity index (χ2v) is 3.44. The van der Waals surface area contributed by atoms with Crippen LogP contribution in [0.15, 0.2) is 60.7 Å². The van der Waals surface area contributed by atoms with E-state index in [4.69, 9.17) is 0 Å². The van der Waals surface area contributed by atoms with Crippen molar-refractivity contribution in [3.05, 3.63) is 78.2 Å². The van der Waals surface area contributed by atoms with Gasteiger partial charge in [-0.1, -0.05) is 19.9 Å². The monoisotopic (exact) mass is 220 g/mol. The van der Waals surface area contributed by atoms with Gasteiger partial charge < -0.3 is 0 Å². The molecule has 0 spiro atoms. The molecular formula is C15H16Mg. The van der Waals surface area contributed by atoms with Crippen LogP contribution in [0.4, 0.5) is 0 Å². The molecule has 0 saturated carbocycles. The molecule has 16 heavy (non-hydrogen) atoms. The summed E-state index contributed by atoms with van der Waals surface area (Å²) >= 11 is 0. The Labute approximate surface area is 115 Å². The zero-order valence-corrected chi connectivity index (χ0v) is 11.4. The van der Waals surface area contributed by atoms with Gasteiger partial charge in [0.1, 0.15) is 0 Å². The molecule has 1 heteroatoms. The first-order valence-electron chi connectivity index (χ1n) is 5.07. The Morgan fingerprint density at radius 3 is 1.56 bits per heavy atom. The van der Waals surface area contributed by atoms with Crippen LogP contribution in [0.2, 0.25) is 0 Å². The van der Waals surface area contributed by atoms with E-state index in [2.05, 4.69) is 44.2 Å². The molecule has 0 atom stereocenters. The van der Waals surface area contributed by atoms with Crippen LogP contribution in [0.1, 0.15) is 19.4 Å². The van der Waals surface area contributed by atoms with Crippen molar-refractivity contribution in [2.24, 2.45) is 0 Å². The summed E-state index contributed by atoms with van der Waals surface area (Å²) in [7, 11) is 0. The molecule has 0 fully saturated rings. The van der Waals surface area contributed by atoms with Crippen LogP contribution >= 0.6 is 0 Å². The summed E-state index contributed by atoms with van der Waals surface area (Å²) in [6.07, 6.45) is 0. The molecule has 0 aliphatic carbocycles. The minimum Gasteiger partial charge on any atom is -0.189 e. The van der Waals surface area contributed by atoms with Crippen LogP contribution in [0.5, 0.6) is 0 Å². The van der Waals surface area contributed by atoms with Gasteiger partial charge >= 0.3 is 23.1 Å². The second-order valence-electron chi connectivity index (χ2n) is 3.44. The second kappa shape index (κ2) is 9.31. The van der Waals surface area contributed by atoms with E-state index < -0.39 is 0 Å². The minimum absolute atomic E-state index is 0. The predicted molar refractivity (Wildman–Crippen MR) is 71.2 cm³/mol. The fraction of sp³-hybridized carbons (Fsp3) is 0.133. The van der Waals surface area contributed by atoms with Gasteiger partial charge in [0.05, 0.1) is 0 Å². The summed E-state index contributed by atoms with van der Waals surface area (Å²) in [6, 6.07) is 22.9. The summed E-state index contributed by atoms with van der Waals surface area (Å²) in [5, 5.41) is 0. The smallest absolute Gasteiger partial charge is 0.189 e. The van der Waals surface area contributed by atoms with Gasteiger partial charge in [-0.25, -0.2) is 0 Å². The van der Waals surface area contributed by atoms with E-state index in [1.165, 1.54) is 11.5 Å². The van der Waals surface area contributed by atoms with Gasteiger partial charge in [0, 0.05) is 0 Å². The normalized spacial score (nSPS) is 8.12. The summed E-state index contributed by atoms with van der Waals surface area (Å²) in [6.45, 7) is 4.24. The number of benzene rings is 2. The van der Waals surface area contributed by atoms with Gasteiger partial charge in [0.25, 0.3) is 0 Å². The van der Waals surface area contributed by atoms with Crippen molar-refractivity contribution in [2.45, 2.75) is 13.8 Å². The molecule has 0 unspecified atom stereocenters. The summed E-state index contributed by atoms with van der Waals surface area (Å²) in [5.41, 5.74) is 1.33. The van der Waals surface area contributed by atoms with Crippen LogP contribution in [0, 0.1) is 12.0 Å². The van der Waals surface area contributed by atoms with E-state index in [1.807, 2.05) is 36.4 Å². The van der Waals surface area contributed by atoms with Crippen LogP contribution in [-0.2, 0) is 0 Å². The maximum atomic E-state index is 2.89. The van der Waals surface area contributed by atoms with E-state index in [0.29, 0.717) is 0 Å². The summed E-state index contributed by atoms with van der Waals surface area (Å²) in [4.78, 5) is 0. The SMILES string of the molecule is C[C-](C)c1ccccc1.[Mg+2].[c-]1ccccc1. The fourth-order valence-electron chi connectivity index (χ4n) is 1.11. The summed E-state index contributed by atoms with van der Waals surface area (Å²) in [5.74, 6) is 1.37. The van der Waals surface area contributed by atoms with Crippen molar-refractivity contribution in [1.29, 1.82) is 0 Å². The van der Waals surface area contributed by atoms with Gasteiger partial charge in [-0.05, 0) is 0 Å². The molecule has 0 amide bonds. The Hall–Kier alpha value is -0.924. The standard InChI is InChI=1S/C9H11.C6H5.Mg/c1-8(2)9-6-4-3-5-7-9;1-2-4-6-5-3-1;/h3-7H,1-2H3;1-5H;/q2*-1;+2. The molecular weight excluding hydrogens is 204 g/mol. The number of hydrogen-bond acceptors (Lipinski definition) is 0. The molecule has 0 aliphatic rings. The predicted octanol–water partition coefficient (Wildman–Crippen LogP) is 3.75. The van der Waals surface area contributed by atoms with Crippen molar-refractivity contribution >= 4 is 23.1 Å². The third-order valence-electron chi connectivity index (χ3n) is 1.96. The number of rotatable bonds is 1. The summed E-state index contributed by atoms with van der Waals surface area (Å²) < 4.78 is 0. The molecule has 2 rings (SSSR count). The first-order valence-corrected chi connectivity index (χ1v) is 5.07. The zero-order valence-electron chi connectivity index (χ0n) is 9.98. The van der Waals surface area contributed by atoms with Gasteiger partial charge in [-0.3, -0.25) is 0 Å². The Bertz CT molecular complexity index is 314. The average molecular weight is 221 g/mol. The molecule has 2 aromatic carbocycles. The molecule has 0 nitrogen and oxygen atoms in total. The van der Waals surface area contributed by atoms with Gasteiger partial charge in [0.2, 0.25) is 0 Å². The maximum Gasteiger partial charge on any atom is 2.00 e. The Morgan fingerprint density at radius 1 is 0.812 bits per heavy atom. The molecule has 0 aromatic heterocycles. The van der Waals surface area contributed by atoms with Crippen LogP contribution in [0.25, 0.3) is 0 Å². The van der Waals surface area contributed by atoms with Gasteiger partial charge in [-0.15, -0.1) is 12.1 Å². The van der Waals surface area contributed by atoms with Crippen LogP contribution in [0.3, 0.4) is 0 Å². The topological polar surface area (TPSA) is 0 Å². The Morgan fingerprint density at radius 2 is 1.31 bits per heavy atom. The van der Waals surface area contributed by atoms with Crippen LogP contribution in [-0.4, -0.2) is 23.1 Å². The fourth-order valence-corrected chi connectivity index (χ4v) is 1.11. The van der Waals surface area contributed by atoms with Crippen molar-refractivity contribution in [1.82, 2.24) is 0 Å². The third-order valence-corrected chi connectivity index (χ3v) is 1.96. The zero-order chi connectivity index (χ0) is 10.9. The number of hydrogen-bond donors (Lipinski definition) is 0. The van der Waals surface area contributed by atoms with Crippen LogP contribution < -0.4 is 0 Å². The largest absolute Gasteiger partial charge is 2.00 e. The molecule has 2 aromatic rings. The molecule has 0 aliphatic heterocycles. The van der Waals surface area contributed by atoms with E-state index in [0.717, 1.165) is 0 Å². The van der Waals surface area contributed by atoms with Crippen molar-refractivity contribution < 1.29 is 0 Å². The van der Waals surface area contributed by atoms with Crippen molar-refractivity contribution in [2.75, 3.05) is 0 Å². The molecule has 0 N–H and O–H groups in total. The molecule has 0 bridgehead atoms. The van der Waals surface area contributed by atoms with Gasteiger partial charge in [-0.2, -0.15) is 60.0 Å². The first kappa shape index (κ1) is 15.1. The van der Waals surface area contributed by atoms with Crippen molar-refractivity contribution in [3.8, 4) is 0 Å². The Balaban J connectivity index is 0.000000283. The van der Waals surface area contributed by atoms with Crippen molar-refractivity contribution in [3.63, 3.8) is 0 Å². The quantitative estimate of drug-likeness (QED) is 0.507. The molecule has 0 saturated heterocycles. The van der Waals surface area contributed by atoms with E-state index >= 15 is 0 Å². The third kappa shape index (κ3) is 6.54. The van der Waals surface area contributed by atoms with E-state index in [-0.39, 0.29) is 23.1 Å². The maximum absolute atomic E-state index is 2.89. The molecule has 0 radical (unpaired) electrons. The van der Waals surface area contributed by atoms with Gasteiger partial charge in [0.15, 0.2) is 0 Å². The average Bonchev–Trinajstić information content (AvgIpc) is 2.33. The molecule has 0 heterocycles. The minimum atomic E-state index is 0.